The Bertz CT molecular complexity index is 1090. The summed E-state index contributed by atoms with van der Waals surface area (Å²) < 4.78 is 26.6. The Hall–Kier alpha value is -3.85. The van der Waals surface area contributed by atoms with Crippen LogP contribution in [0.2, 0.25) is 0 Å². The van der Waals surface area contributed by atoms with Crippen molar-refractivity contribution in [3.63, 3.8) is 0 Å². The Morgan fingerprint density at radius 1 is 0.733 bits per heavy atom. The van der Waals surface area contributed by atoms with Crippen molar-refractivity contribution in [3.8, 4) is 0 Å². The first kappa shape index (κ1) is 20.9. The number of benzene rings is 3. The molecule has 0 radical (unpaired) electrons. The lowest BCUT2D eigenvalue weighted by molar-refractivity contribution is 0.0943. The number of hydrazine groups is 1. The van der Waals surface area contributed by atoms with Gasteiger partial charge in [-0.3, -0.25) is 20.4 Å². The molecule has 0 aliphatic rings. The number of halogens is 2. The van der Waals surface area contributed by atoms with Crippen molar-refractivity contribution in [1.82, 2.24) is 10.9 Å². The van der Waals surface area contributed by atoms with Crippen LogP contribution in [0.5, 0.6) is 0 Å². The van der Waals surface area contributed by atoms with E-state index >= 15 is 0 Å². The van der Waals surface area contributed by atoms with Gasteiger partial charge < -0.3 is 10.6 Å². The second-order valence-corrected chi connectivity index (χ2v) is 6.46. The molecule has 0 atom stereocenters. The summed E-state index contributed by atoms with van der Waals surface area (Å²) in [6, 6.07) is 17.2. The molecule has 0 fully saturated rings. The molecule has 30 heavy (non-hydrogen) atoms. The Labute approximate surface area is 176 Å². The summed E-state index contributed by atoms with van der Waals surface area (Å²) in [5.41, 5.74) is 5.93. The minimum Gasteiger partial charge on any atom is -0.329 e. The van der Waals surface area contributed by atoms with E-state index in [1.165, 1.54) is 48.5 Å². The molecular formula is C21H16F2N4O2S. The number of carbonyl (C=O) groups is 2. The first-order valence-electron chi connectivity index (χ1n) is 8.71. The molecule has 0 heterocycles. The van der Waals surface area contributed by atoms with Crippen molar-refractivity contribution in [3.05, 3.63) is 95.6 Å². The smallest absolute Gasteiger partial charge is 0.269 e. The average Bonchev–Trinajstić information content (AvgIpc) is 2.74. The van der Waals surface area contributed by atoms with E-state index in [4.69, 9.17) is 12.2 Å². The molecule has 9 heteroatoms. The highest BCUT2D eigenvalue weighted by Crippen LogP contribution is 2.14. The van der Waals surface area contributed by atoms with E-state index in [2.05, 4.69) is 21.5 Å². The molecular weight excluding hydrogens is 410 g/mol. The van der Waals surface area contributed by atoms with Crippen LogP contribution in [0.1, 0.15) is 20.7 Å². The van der Waals surface area contributed by atoms with Crippen molar-refractivity contribution in [1.29, 1.82) is 0 Å². The van der Waals surface area contributed by atoms with Crippen molar-refractivity contribution in [2.24, 2.45) is 0 Å². The fraction of sp³-hybridized carbons (Fsp3) is 0. The summed E-state index contributed by atoms with van der Waals surface area (Å²) in [5, 5.41) is 5.25. The van der Waals surface area contributed by atoms with Crippen LogP contribution in [0, 0.1) is 11.6 Å². The van der Waals surface area contributed by atoms with Crippen LogP contribution in [0.4, 0.5) is 20.2 Å². The molecule has 3 rings (SSSR count). The molecule has 0 saturated heterocycles. The zero-order valence-corrected chi connectivity index (χ0v) is 16.2. The number of carbonyl (C=O) groups excluding carboxylic acids is 2. The van der Waals surface area contributed by atoms with E-state index in [-0.39, 0.29) is 21.9 Å². The Balaban J connectivity index is 1.57. The number of rotatable bonds is 4. The van der Waals surface area contributed by atoms with Gasteiger partial charge in [-0.05, 0) is 66.8 Å². The van der Waals surface area contributed by atoms with E-state index in [0.29, 0.717) is 5.69 Å². The fourth-order valence-corrected chi connectivity index (χ4v) is 2.61. The molecule has 3 aromatic carbocycles. The van der Waals surface area contributed by atoms with Crippen LogP contribution >= 0.6 is 12.2 Å². The molecule has 0 spiro atoms. The SMILES string of the molecule is O=C(NNC(=S)Nc1ccccc1F)c1cccc(NC(=O)c2ccc(F)cc2)c1. The Morgan fingerprint density at radius 2 is 1.47 bits per heavy atom. The predicted octanol–water partition coefficient (Wildman–Crippen LogP) is 3.85. The molecule has 0 unspecified atom stereocenters. The quantitative estimate of drug-likeness (QED) is 0.376. The van der Waals surface area contributed by atoms with Crippen LogP contribution in [0.25, 0.3) is 0 Å². The molecule has 0 bridgehead atoms. The summed E-state index contributed by atoms with van der Waals surface area (Å²) in [6.07, 6.45) is 0. The van der Waals surface area contributed by atoms with Gasteiger partial charge in [-0.15, -0.1) is 0 Å². The Kier molecular flexibility index (Phi) is 6.66. The maximum atomic E-state index is 13.6. The highest BCUT2D eigenvalue weighted by atomic mass is 32.1. The third kappa shape index (κ3) is 5.58. The highest BCUT2D eigenvalue weighted by molar-refractivity contribution is 7.80. The largest absolute Gasteiger partial charge is 0.329 e. The third-order valence-electron chi connectivity index (χ3n) is 3.90. The van der Waals surface area contributed by atoms with Crippen LogP contribution in [-0.2, 0) is 0 Å². The number of hydrogen-bond acceptors (Lipinski definition) is 3. The molecule has 4 N–H and O–H groups in total. The highest BCUT2D eigenvalue weighted by Gasteiger charge is 2.10. The number of hydrogen-bond donors (Lipinski definition) is 4. The average molecular weight is 426 g/mol. The van der Waals surface area contributed by atoms with Gasteiger partial charge in [-0.2, -0.15) is 0 Å². The van der Waals surface area contributed by atoms with Crippen molar-refractivity contribution >= 4 is 40.5 Å². The first-order chi connectivity index (χ1) is 14.4. The zero-order valence-electron chi connectivity index (χ0n) is 15.4. The van der Waals surface area contributed by atoms with Gasteiger partial charge in [0.15, 0.2) is 5.11 Å². The van der Waals surface area contributed by atoms with Gasteiger partial charge in [-0.25, -0.2) is 8.78 Å². The summed E-state index contributed by atoms with van der Waals surface area (Å²) in [7, 11) is 0. The zero-order chi connectivity index (χ0) is 21.5. The minimum absolute atomic E-state index is 0.00535. The fourth-order valence-electron chi connectivity index (χ4n) is 2.44. The van der Waals surface area contributed by atoms with Crippen LogP contribution in [0.15, 0.2) is 72.8 Å². The lowest BCUT2D eigenvalue weighted by Crippen LogP contribution is -2.43. The summed E-state index contributed by atoms with van der Waals surface area (Å²) in [4.78, 5) is 24.5. The normalized spacial score (nSPS) is 10.1. The van der Waals surface area contributed by atoms with Gasteiger partial charge in [0.25, 0.3) is 11.8 Å². The molecule has 152 valence electrons. The topological polar surface area (TPSA) is 82.3 Å². The van der Waals surface area contributed by atoms with Gasteiger partial charge >= 0.3 is 0 Å². The van der Waals surface area contributed by atoms with Gasteiger partial charge in [-0.1, -0.05) is 18.2 Å². The molecule has 0 aromatic heterocycles. The molecule has 0 aliphatic carbocycles. The van der Waals surface area contributed by atoms with Crippen LogP contribution in [0.3, 0.4) is 0 Å². The van der Waals surface area contributed by atoms with Crippen LogP contribution < -0.4 is 21.5 Å². The van der Waals surface area contributed by atoms with Gasteiger partial charge in [0.1, 0.15) is 11.6 Å². The van der Waals surface area contributed by atoms with Crippen molar-refractivity contribution in [2.45, 2.75) is 0 Å². The number of amides is 2. The second kappa shape index (κ2) is 9.57. The van der Waals surface area contributed by atoms with E-state index in [0.717, 1.165) is 0 Å². The first-order valence-corrected chi connectivity index (χ1v) is 9.12. The molecule has 2 amide bonds. The molecule has 0 aliphatic heterocycles. The second-order valence-electron chi connectivity index (χ2n) is 6.05. The summed E-state index contributed by atoms with van der Waals surface area (Å²) >= 11 is 5.02. The number of nitrogens with one attached hydrogen (secondary N) is 4. The number of para-hydroxylation sites is 1. The third-order valence-corrected chi connectivity index (χ3v) is 4.10. The number of thiocarbonyl (C=S) groups is 1. The number of anilines is 2. The van der Waals surface area contributed by atoms with E-state index in [9.17, 15) is 18.4 Å². The van der Waals surface area contributed by atoms with E-state index in [1.54, 1.807) is 24.3 Å². The van der Waals surface area contributed by atoms with E-state index < -0.39 is 23.4 Å². The monoisotopic (exact) mass is 426 g/mol. The van der Waals surface area contributed by atoms with E-state index in [1.807, 2.05) is 0 Å². The predicted molar refractivity (Wildman–Crippen MR) is 114 cm³/mol. The van der Waals surface area contributed by atoms with Crippen LogP contribution in [-0.4, -0.2) is 16.9 Å². The Morgan fingerprint density at radius 3 is 2.20 bits per heavy atom. The van der Waals surface area contributed by atoms with Gasteiger partial charge in [0.2, 0.25) is 0 Å². The minimum atomic E-state index is -0.523. The lowest BCUT2D eigenvalue weighted by Gasteiger charge is -2.12. The standard InChI is InChI=1S/C21H16F2N4O2S/c22-15-10-8-13(9-11-15)19(28)24-16-5-3-4-14(12-16)20(29)26-27-21(30)25-18-7-2-1-6-17(18)23/h1-12H,(H,24,28)(H,26,29)(H2,25,27,30). The van der Waals surface area contributed by atoms with Crippen molar-refractivity contribution in [2.75, 3.05) is 10.6 Å². The molecule has 6 nitrogen and oxygen atoms in total. The lowest BCUT2D eigenvalue weighted by atomic mass is 10.1. The molecule has 3 aromatic rings. The maximum absolute atomic E-state index is 13.6. The molecule has 0 saturated carbocycles. The maximum Gasteiger partial charge on any atom is 0.269 e. The van der Waals surface area contributed by atoms with Gasteiger partial charge in [0.05, 0.1) is 5.69 Å². The van der Waals surface area contributed by atoms with Crippen molar-refractivity contribution < 1.29 is 18.4 Å². The van der Waals surface area contributed by atoms with Gasteiger partial charge in [0, 0.05) is 16.8 Å². The summed E-state index contributed by atoms with van der Waals surface area (Å²) in [5.74, 6) is -1.90. The summed E-state index contributed by atoms with van der Waals surface area (Å²) in [6.45, 7) is 0.